The number of nitrogens with two attached hydrogens (primary N) is 1. The van der Waals surface area contributed by atoms with Crippen LogP contribution in [0.15, 0.2) is 0 Å². The third-order valence-corrected chi connectivity index (χ3v) is 2.19. The van der Waals surface area contributed by atoms with Gasteiger partial charge >= 0.3 is 5.97 Å². The quantitative estimate of drug-likeness (QED) is 0.369. The third-order valence-electron chi connectivity index (χ3n) is 1.47. The standard InChI is InChI=1S/C6H12N2O6S/c7-6(11)4(3-5(9)10)8-1-2-15(12,13)14/h4,8H,1-3H2,(H2,7,11)(H,9,10)(H,12,13,14). The molecule has 8 nitrogen and oxygen atoms in total. The summed E-state index contributed by atoms with van der Waals surface area (Å²) in [5.41, 5.74) is 4.86. The number of hydrogen-bond donors (Lipinski definition) is 4. The highest BCUT2D eigenvalue weighted by atomic mass is 32.2. The molecular weight excluding hydrogens is 228 g/mol. The summed E-state index contributed by atoms with van der Waals surface area (Å²) in [4.78, 5) is 20.9. The van der Waals surface area contributed by atoms with Crippen molar-refractivity contribution in [3.8, 4) is 0 Å². The summed E-state index contributed by atoms with van der Waals surface area (Å²) in [5, 5.41) is 10.7. The van der Waals surface area contributed by atoms with Crippen LogP contribution in [0.5, 0.6) is 0 Å². The van der Waals surface area contributed by atoms with Crippen molar-refractivity contribution in [3.05, 3.63) is 0 Å². The molecule has 1 atom stereocenters. The van der Waals surface area contributed by atoms with E-state index in [1.807, 2.05) is 0 Å². The van der Waals surface area contributed by atoms with Crippen molar-refractivity contribution in [3.63, 3.8) is 0 Å². The molecule has 0 aromatic heterocycles. The van der Waals surface area contributed by atoms with Crippen LogP contribution in [0.25, 0.3) is 0 Å². The number of carboxylic acid groups (broad SMARTS) is 1. The Balaban J connectivity index is 4.09. The first-order valence-corrected chi connectivity index (χ1v) is 5.53. The zero-order valence-corrected chi connectivity index (χ0v) is 8.53. The monoisotopic (exact) mass is 240 g/mol. The zero-order chi connectivity index (χ0) is 12.1. The zero-order valence-electron chi connectivity index (χ0n) is 7.71. The minimum absolute atomic E-state index is 0.250. The molecule has 15 heavy (non-hydrogen) atoms. The predicted molar refractivity (Wildman–Crippen MR) is 49.7 cm³/mol. The molecular formula is C6H12N2O6S. The molecule has 0 aromatic rings. The number of aliphatic carboxylic acids is 1. The Morgan fingerprint density at radius 2 is 1.93 bits per heavy atom. The van der Waals surface area contributed by atoms with Gasteiger partial charge in [0.1, 0.15) is 0 Å². The van der Waals surface area contributed by atoms with Crippen molar-refractivity contribution >= 4 is 22.0 Å². The normalized spacial score (nSPS) is 13.4. The third kappa shape index (κ3) is 7.85. The summed E-state index contributed by atoms with van der Waals surface area (Å²) in [5.74, 6) is -2.75. The number of nitrogens with one attached hydrogen (secondary N) is 1. The molecule has 0 aromatic carbocycles. The molecule has 0 saturated heterocycles. The number of hydrogen-bond acceptors (Lipinski definition) is 5. The highest BCUT2D eigenvalue weighted by Gasteiger charge is 2.18. The summed E-state index contributed by atoms with van der Waals surface area (Å²) >= 11 is 0. The van der Waals surface area contributed by atoms with Crippen LogP contribution < -0.4 is 11.1 Å². The van der Waals surface area contributed by atoms with E-state index in [0.717, 1.165) is 0 Å². The molecule has 0 fully saturated rings. The number of amides is 1. The summed E-state index contributed by atoms with van der Waals surface area (Å²) in [6, 6.07) is -1.15. The molecule has 5 N–H and O–H groups in total. The average Bonchev–Trinajstić information content (AvgIpc) is 1.99. The SMILES string of the molecule is NC(=O)C(CC(=O)O)NCCS(=O)(=O)O. The topological polar surface area (TPSA) is 147 Å². The van der Waals surface area contributed by atoms with Crippen LogP contribution in [0.4, 0.5) is 0 Å². The lowest BCUT2D eigenvalue weighted by molar-refractivity contribution is -0.139. The summed E-state index contributed by atoms with van der Waals surface area (Å²) in [6.45, 7) is -0.250. The van der Waals surface area contributed by atoms with E-state index >= 15 is 0 Å². The molecule has 0 spiro atoms. The predicted octanol–water partition coefficient (Wildman–Crippen LogP) is -2.21. The van der Waals surface area contributed by atoms with E-state index in [0.29, 0.717) is 0 Å². The summed E-state index contributed by atoms with van der Waals surface area (Å²) < 4.78 is 28.9. The maximum absolute atomic E-state index is 10.7. The Labute approximate surface area is 86.2 Å². The Morgan fingerprint density at radius 1 is 1.40 bits per heavy atom. The van der Waals surface area contributed by atoms with E-state index in [9.17, 15) is 18.0 Å². The number of carbonyl (C=O) groups is 2. The van der Waals surface area contributed by atoms with E-state index in [2.05, 4.69) is 5.32 Å². The summed E-state index contributed by atoms with van der Waals surface area (Å²) in [7, 11) is -4.14. The van der Waals surface area contributed by atoms with Crippen molar-refractivity contribution in [1.82, 2.24) is 5.32 Å². The van der Waals surface area contributed by atoms with Gasteiger partial charge in [-0.1, -0.05) is 0 Å². The maximum Gasteiger partial charge on any atom is 0.305 e. The largest absolute Gasteiger partial charge is 0.481 e. The van der Waals surface area contributed by atoms with Crippen molar-refractivity contribution in [2.75, 3.05) is 12.3 Å². The fraction of sp³-hybridized carbons (Fsp3) is 0.667. The molecule has 1 amide bonds. The van der Waals surface area contributed by atoms with Crippen LogP contribution in [0, 0.1) is 0 Å². The molecule has 0 bridgehead atoms. The van der Waals surface area contributed by atoms with Gasteiger partial charge in [-0.05, 0) is 0 Å². The maximum atomic E-state index is 10.7. The van der Waals surface area contributed by atoms with Crippen molar-refractivity contribution in [2.24, 2.45) is 5.73 Å². The van der Waals surface area contributed by atoms with Gasteiger partial charge in [-0.2, -0.15) is 8.42 Å². The van der Waals surface area contributed by atoms with Gasteiger partial charge in [0.2, 0.25) is 5.91 Å². The van der Waals surface area contributed by atoms with Gasteiger partial charge < -0.3 is 16.2 Å². The lowest BCUT2D eigenvalue weighted by Gasteiger charge is -2.11. The van der Waals surface area contributed by atoms with Crippen LogP contribution in [0.3, 0.4) is 0 Å². The van der Waals surface area contributed by atoms with E-state index < -0.39 is 40.2 Å². The Bertz CT molecular complexity index is 338. The molecule has 0 aliphatic heterocycles. The molecule has 0 aliphatic rings. The van der Waals surface area contributed by atoms with Gasteiger partial charge in [0.15, 0.2) is 0 Å². The smallest absolute Gasteiger partial charge is 0.305 e. The number of carboxylic acids is 1. The van der Waals surface area contributed by atoms with Crippen molar-refractivity contribution in [2.45, 2.75) is 12.5 Å². The molecule has 0 radical (unpaired) electrons. The van der Waals surface area contributed by atoms with Crippen molar-refractivity contribution < 1.29 is 27.7 Å². The molecule has 0 saturated carbocycles. The Kier molecular flexibility index (Phi) is 5.19. The first-order valence-electron chi connectivity index (χ1n) is 3.92. The van der Waals surface area contributed by atoms with Crippen LogP contribution in [-0.2, 0) is 19.7 Å². The second kappa shape index (κ2) is 5.63. The Hall–Kier alpha value is -1.19. The molecule has 88 valence electrons. The van der Waals surface area contributed by atoms with Crippen LogP contribution in [0.2, 0.25) is 0 Å². The average molecular weight is 240 g/mol. The number of carbonyl (C=O) groups excluding carboxylic acids is 1. The molecule has 0 rings (SSSR count). The van der Waals surface area contributed by atoms with Crippen LogP contribution in [-0.4, -0.2) is 48.3 Å². The second-order valence-corrected chi connectivity index (χ2v) is 4.37. The molecule has 9 heteroatoms. The first-order chi connectivity index (χ1) is 6.72. The van der Waals surface area contributed by atoms with Gasteiger partial charge in [0.05, 0.1) is 18.2 Å². The van der Waals surface area contributed by atoms with Crippen LogP contribution >= 0.6 is 0 Å². The van der Waals surface area contributed by atoms with Gasteiger partial charge in [0.25, 0.3) is 10.1 Å². The van der Waals surface area contributed by atoms with E-state index in [1.165, 1.54) is 0 Å². The highest BCUT2D eigenvalue weighted by molar-refractivity contribution is 7.85. The van der Waals surface area contributed by atoms with Crippen molar-refractivity contribution in [1.29, 1.82) is 0 Å². The van der Waals surface area contributed by atoms with Gasteiger partial charge in [-0.3, -0.25) is 14.1 Å². The minimum Gasteiger partial charge on any atom is -0.481 e. The number of primary amides is 1. The lowest BCUT2D eigenvalue weighted by Crippen LogP contribution is -2.44. The minimum atomic E-state index is -4.14. The van der Waals surface area contributed by atoms with E-state index in [-0.39, 0.29) is 6.54 Å². The van der Waals surface area contributed by atoms with Gasteiger partial charge in [-0.15, -0.1) is 0 Å². The fourth-order valence-electron chi connectivity index (χ4n) is 0.810. The second-order valence-electron chi connectivity index (χ2n) is 2.79. The lowest BCUT2D eigenvalue weighted by atomic mass is 10.2. The molecule has 1 unspecified atom stereocenters. The first kappa shape index (κ1) is 13.8. The van der Waals surface area contributed by atoms with E-state index in [4.69, 9.17) is 15.4 Å². The van der Waals surface area contributed by atoms with Gasteiger partial charge in [-0.25, -0.2) is 0 Å². The highest BCUT2D eigenvalue weighted by Crippen LogP contribution is 1.91. The number of rotatable bonds is 7. The summed E-state index contributed by atoms with van der Waals surface area (Å²) in [6.07, 6.45) is -0.541. The fourth-order valence-corrected chi connectivity index (χ4v) is 1.19. The Morgan fingerprint density at radius 3 is 2.27 bits per heavy atom. The molecule has 0 aliphatic carbocycles. The van der Waals surface area contributed by atoms with Crippen LogP contribution in [0.1, 0.15) is 6.42 Å². The van der Waals surface area contributed by atoms with Gasteiger partial charge in [0, 0.05) is 6.54 Å². The molecule has 0 heterocycles. The van der Waals surface area contributed by atoms with E-state index in [1.54, 1.807) is 0 Å².